The number of unbranched alkanes of at least 4 members (excludes halogenated alkanes) is 45. The molecule has 0 heterocycles. The van der Waals surface area contributed by atoms with Crippen LogP contribution >= 0.6 is 0 Å². The number of carbonyl (C=O) groups excluding carboxylic acids is 1. The molecule has 5 nitrogen and oxygen atoms in total. The van der Waals surface area contributed by atoms with Crippen molar-refractivity contribution in [2.45, 2.75) is 360 Å². The Morgan fingerprint density at radius 1 is 0.358 bits per heavy atom. The van der Waals surface area contributed by atoms with Crippen LogP contribution in [-0.2, 0) is 4.79 Å². The first kappa shape index (κ1) is 65.8. The molecular weight excluding hydrogens is 823 g/mol. The molecule has 0 saturated carbocycles. The highest BCUT2D eigenvalue weighted by molar-refractivity contribution is 5.80. The molecule has 1 amide bonds. The molecule has 0 aromatic heterocycles. The van der Waals surface area contributed by atoms with Crippen molar-refractivity contribution in [3.63, 3.8) is 0 Å². The molecule has 4 N–H and O–H groups in total. The third kappa shape index (κ3) is 52.5. The molecular formula is C62H121NO4. The lowest BCUT2D eigenvalue weighted by Gasteiger charge is -2.23. The van der Waals surface area contributed by atoms with Crippen molar-refractivity contribution in [1.82, 2.24) is 5.32 Å². The third-order valence-corrected chi connectivity index (χ3v) is 14.6. The van der Waals surface area contributed by atoms with E-state index in [0.717, 1.165) is 38.5 Å². The lowest BCUT2D eigenvalue weighted by atomic mass is 10.0. The molecule has 0 aliphatic rings. The SMILES string of the molecule is CCCCCCCCCCC/C=C\C/C=C\CCCCCCCCCCCCCCCCCCC(O)C(=O)NC(CO)C(O)CCCCCCCCCCCCCCCCCCCCCCC. The Kier molecular flexibility index (Phi) is 56.4. The second-order valence-corrected chi connectivity index (χ2v) is 21.3. The number of hydrogen-bond acceptors (Lipinski definition) is 4. The molecule has 0 fully saturated rings. The van der Waals surface area contributed by atoms with Gasteiger partial charge in [-0.05, 0) is 44.9 Å². The third-order valence-electron chi connectivity index (χ3n) is 14.6. The van der Waals surface area contributed by atoms with Gasteiger partial charge >= 0.3 is 0 Å². The molecule has 0 aliphatic heterocycles. The molecule has 0 rings (SSSR count). The summed E-state index contributed by atoms with van der Waals surface area (Å²) in [6.45, 7) is 4.27. The van der Waals surface area contributed by atoms with Gasteiger partial charge in [0.15, 0.2) is 0 Å². The number of nitrogens with one attached hydrogen (secondary N) is 1. The Morgan fingerprint density at radius 2 is 0.612 bits per heavy atom. The summed E-state index contributed by atoms with van der Waals surface area (Å²) in [6, 6.07) is -0.711. The lowest BCUT2D eigenvalue weighted by Crippen LogP contribution is -2.49. The van der Waals surface area contributed by atoms with Crippen LogP contribution < -0.4 is 5.32 Å². The molecule has 3 unspecified atom stereocenters. The molecule has 67 heavy (non-hydrogen) atoms. The fraction of sp³-hybridized carbons (Fsp3) is 0.919. The van der Waals surface area contributed by atoms with Crippen LogP contribution in [0.15, 0.2) is 24.3 Å². The molecule has 0 aliphatic carbocycles. The topological polar surface area (TPSA) is 89.8 Å². The Morgan fingerprint density at radius 3 is 0.896 bits per heavy atom. The van der Waals surface area contributed by atoms with E-state index in [0.29, 0.717) is 12.8 Å². The minimum absolute atomic E-state index is 0.310. The van der Waals surface area contributed by atoms with Crippen molar-refractivity contribution in [3.05, 3.63) is 24.3 Å². The van der Waals surface area contributed by atoms with Gasteiger partial charge in [-0.3, -0.25) is 4.79 Å². The van der Waals surface area contributed by atoms with Gasteiger partial charge in [-0.2, -0.15) is 0 Å². The standard InChI is InChI=1S/C62H121NO4/c1-3-5-7-9-11-13-15-17-19-21-23-25-26-27-28-29-30-31-32-33-34-35-37-39-41-43-45-47-49-51-53-55-57-61(66)62(67)63-59(58-64)60(65)56-54-52-50-48-46-44-42-40-38-36-24-22-20-18-16-14-12-10-8-6-4-2/h23,25,27-28,59-61,64-66H,3-22,24,26,29-58H2,1-2H3,(H,63,67)/b25-23-,28-27-. The number of rotatable bonds is 57. The average molecular weight is 945 g/mol. The maximum Gasteiger partial charge on any atom is 0.249 e. The summed E-state index contributed by atoms with van der Waals surface area (Å²) >= 11 is 0. The zero-order valence-corrected chi connectivity index (χ0v) is 45.6. The van der Waals surface area contributed by atoms with E-state index >= 15 is 0 Å². The van der Waals surface area contributed by atoms with Crippen molar-refractivity contribution in [2.75, 3.05) is 6.61 Å². The average Bonchev–Trinajstić information content (AvgIpc) is 3.33. The Bertz CT molecular complexity index is 998. The highest BCUT2D eigenvalue weighted by atomic mass is 16.3. The summed E-state index contributed by atoms with van der Waals surface area (Å²) in [5, 5.41) is 33.6. The van der Waals surface area contributed by atoms with Crippen LogP contribution in [0.1, 0.15) is 341 Å². The molecule has 3 atom stereocenters. The number of aliphatic hydroxyl groups excluding tert-OH is 3. The number of aliphatic hydroxyl groups is 3. The summed E-state index contributed by atoms with van der Waals surface area (Å²) in [5.74, 6) is -0.464. The van der Waals surface area contributed by atoms with Crippen molar-refractivity contribution in [2.24, 2.45) is 0 Å². The molecule has 0 bridgehead atoms. The predicted octanol–water partition coefficient (Wildman–Crippen LogP) is 19.2. The zero-order chi connectivity index (χ0) is 48.6. The zero-order valence-electron chi connectivity index (χ0n) is 45.6. The van der Waals surface area contributed by atoms with E-state index in [1.54, 1.807) is 0 Å². The molecule has 0 aromatic rings. The van der Waals surface area contributed by atoms with Gasteiger partial charge in [0.1, 0.15) is 6.10 Å². The molecule has 0 saturated heterocycles. The van der Waals surface area contributed by atoms with Gasteiger partial charge in [0.2, 0.25) is 5.91 Å². The normalized spacial score (nSPS) is 13.3. The van der Waals surface area contributed by atoms with E-state index < -0.39 is 24.2 Å². The van der Waals surface area contributed by atoms with Crippen LogP contribution in [0.3, 0.4) is 0 Å². The van der Waals surface area contributed by atoms with Gasteiger partial charge in [-0.15, -0.1) is 0 Å². The summed E-state index contributed by atoms with van der Waals surface area (Å²) in [7, 11) is 0. The quantitative estimate of drug-likeness (QED) is 0.0361. The van der Waals surface area contributed by atoms with Crippen molar-refractivity contribution >= 4 is 5.91 Å². The lowest BCUT2D eigenvalue weighted by molar-refractivity contribution is -0.131. The van der Waals surface area contributed by atoms with E-state index in [1.165, 1.54) is 276 Å². The van der Waals surface area contributed by atoms with Gasteiger partial charge in [-0.25, -0.2) is 0 Å². The highest BCUT2D eigenvalue weighted by Gasteiger charge is 2.23. The van der Waals surface area contributed by atoms with Crippen LogP contribution in [0, 0.1) is 0 Å². The number of amides is 1. The Balaban J connectivity index is 3.49. The van der Waals surface area contributed by atoms with Crippen LogP contribution in [0.25, 0.3) is 0 Å². The fourth-order valence-electron chi connectivity index (χ4n) is 9.81. The molecule has 398 valence electrons. The number of allylic oxidation sites excluding steroid dienone is 4. The second kappa shape index (κ2) is 57.4. The molecule has 0 aromatic carbocycles. The number of carbonyl (C=O) groups is 1. The van der Waals surface area contributed by atoms with Crippen molar-refractivity contribution < 1.29 is 20.1 Å². The van der Waals surface area contributed by atoms with E-state index in [1.807, 2.05) is 0 Å². The summed E-state index contributed by atoms with van der Waals surface area (Å²) in [6.07, 6.45) is 73.9. The van der Waals surface area contributed by atoms with Crippen molar-refractivity contribution in [3.8, 4) is 0 Å². The summed E-state index contributed by atoms with van der Waals surface area (Å²) in [4.78, 5) is 12.6. The molecule has 0 spiro atoms. The van der Waals surface area contributed by atoms with Crippen LogP contribution in [0.5, 0.6) is 0 Å². The van der Waals surface area contributed by atoms with E-state index in [4.69, 9.17) is 0 Å². The van der Waals surface area contributed by atoms with Crippen molar-refractivity contribution in [1.29, 1.82) is 0 Å². The van der Waals surface area contributed by atoms with Crippen LogP contribution in [0.4, 0.5) is 0 Å². The van der Waals surface area contributed by atoms with Gasteiger partial charge in [0.25, 0.3) is 0 Å². The van der Waals surface area contributed by atoms with Crippen LogP contribution in [0.2, 0.25) is 0 Å². The predicted molar refractivity (Wildman–Crippen MR) is 296 cm³/mol. The van der Waals surface area contributed by atoms with Gasteiger partial charge in [-0.1, -0.05) is 321 Å². The minimum Gasteiger partial charge on any atom is -0.394 e. The Hall–Kier alpha value is -1.17. The monoisotopic (exact) mass is 944 g/mol. The highest BCUT2D eigenvalue weighted by Crippen LogP contribution is 2.18. The number of hydrogen-bond donors (Lipinski definition) is 4. The van der Waals surface area contributed by atoms with Crippen LogP contribution in [-0.4, -0.2) is 46.1 Å². The molecule has 0 radical (unpaired) electrons. The second-order valence-electron chi connectivity index (χ2n) is 21.3. The van der Waals surface area contributed by atoms with Gasteiger partial charge in [0.05, 0.1) is 18.8 Å². The maximum absolute atomic E-state index is 12.6. The van der Waals surface area contributed by atoms with E-state index in [-0.39, 0.29) is 6.61 Å². The Labute approximate surface area is 420 Å². The van der Waals surface area contributed by atoms with E-state index in [2.05, 4.69) is 43.5 Å². The maximum atomic E-state index is 12.6. The summed E-state index contributed by atoms with van der Waals surface area (Å²) < 4.78 is 0. The fourth-order valence-corrected chi connectivity index (χ4v) is 9.81. The largest absolute Gasteiger partial charge is 0.394 e. The van der Waals surface area contributed by atoms with Gasteiger partial charge in [0, 0.05) is 0 Å². The first-order chi connectivity index (χ1) is 33.1. The first-order valence-electron chi connectivity index (χ1n) is 30.6. The minimum atomic E-state index is -1.07. The first-order valence-corrected chi connectivity index (χ1v) is 30.6. The smallest absolute Gasteiger partial charge is 0.249 e. The van der Waals surface area contributed by atoms with Gasteiger partial charge < -0.3 is 20.6 Å². The molecule has 5 heteroatoms. The summed E-state index contributed by atoms with van der Waals surface area (Å²) in [5.41, 5.74) is 0. The van der Waals surface area contributed by atoms with E-state index in [9.17, 15) is 20.1 Å².